The first-order valence-electron chi connectivity index (χ1n) is 10.3. The van der Waals surface area contributed by atoms with Crippen LogP contribution in [0.15, 0.2) is 63.9 Å². The molecule has 2 heterocycles. The van der Waals surface area contributed by atoms with Crippen molar-refractivity contribution in [1.82, 2.24) is 4.90 Å². The molecule has 1 saturated heterocycles. The predicted molar refractivity (Wildman–Crippen MR) is 128 cm³/mol. The summed E-state index contributed by atoms with van der Waals surface area (Å²) in [6.07, 6.45) is 1.43. The molecule has 172 valence electrons. The van der Waals surface area contributed by atoms with Crippen LogP contribution < -0.4 is 5.32 Å². The molecule has 2 N–H and O–H groups in total. The Morgan fingerprint density at radius 3 is 2.59 bits per heavy atom. The van der Waals surface area contributed by atoms with Crippen LogP contribution in [0.5, 0.6) is 0 Å². The highest BCUT2D eigenvalue weighted by Gasteiger charge is 2.36. The number of imide groups is 1. The zero-order valence-corrected chi connectivity index (χ0v) is 19.1. The number of nitrogens with one attached hydrogen (secondary N) is 1. The summed E-state index contributed by atoms with van der Waals surface area (Å²) >= 11 is 0.722. The van der Waals surface area contributed by atoms with Gasteiger partial charge in [0.05, 0.1) is 10.5 Å². The van der Waals surface area contributed by atoms with E-state index in [1.807, 2.05) is 26.0 Å². The molecular formula is C25H20N2O6S. The molecule has 0 radical (unpaired) electrons. The number of benzene rings is 2. The Hall–Kier alpha value is -4.11. The number of aromatic carboxylic acids is 1. The van der Waals surface area contributed by atoms with Gasteiger partial charge in [0.15, 0.2) is 0 Å². The monoisotopic (exact) mass is 476 g/mol. The molecule has 0 bridgehead atoms. The lowest BCUT2D eigenvalue weighted by atomic mass is 10.1. The van der Waals surface area contributed by atoms with Gasteiger partial charge in [-0.2, -0.15) is 0 Å². The minimum absolute atomic E-state index is 0.121. The lowest BCUT2D eigenvalue weighted by Crippen LogP contribution is -2.36. The SMILES string of the molecule is Cc1ccc(NC(=O)CN2C(=O)S/C(=C\c3ccc(-c4cccc(C(=O)O)c4)o3)C2=O)cc1C. The van der Waals surface area contributed by atoms with Crippen LogP contribution in [0.4, 0.5) is 10.5 Å². The number of anilines is 1. The zero-order valence-electron chi connectivity index (χ0n) is 18.3. The molecule has 9 heteroatoms. The number of rotatable bonds is 6. The van der Waals surface area contributed by atoms with E-state index >= 15 is 0 Å². The van der Waals surface area contributed by atoms with Crippen molar-refractivity contribution in [2.75, 3.05) is 11.9 Å². The van der Waals surface area contributed by atoms with Crippen molar-refractivity contribution in [3.8, 4) is 11.3 Å². The van der Waals surface area contributed by atoms with E-state index in [-0.39, 0.29) is 10.5 Å². The summed E-state index contributed by atoms with van der Waals surface area (Å²) in [4.78, 5) is 49.7. The molecule has 1 aromatic heterocycles. The van der Waals surface area contributed by atoms with Crippen molar-refractivity contribution in [3.05, 3.63) is 82.0 Å². The van der Waals surface area contributed by atoms with Gasteiger partial charge < -0.3 is 14.8 Å². The number of thioether (sulfide) groups is 1. The third kappa shape index (κ3) is 4.94. The zero-order chi connectivity index (χ0) is 24.4. The van der Waals surface area contributed by atoms with Gasteiger partial charge in [0.2, 0.25) is 5.91 Å². The summed E-state index contributed by atoms with van der Waals surface area (Å²) in [6, 6.07) is 15.0. The van der Waals surface area contributed by atoms with Crippen LogP contribution in [0.25, 0.3) is 17.4 Å². The van der Waals surface area contributed by atoms with Gasteiger partial charge in [0, 0.05) is 17.3 Å². The van der Waals surface area contributed by atoms with E-state index < -0.39 is 29.6 Å². The third-order valence-electron chi connectivity index (χ3n) is 5.26. The average molecular weight is 477 g/mol. The maximum atomic E-state index is 12.7. The Bertz CT molecular complexity index is 1360. The second-order valence-corrected chi connectivity index (χ2v) is 8.70. The Labute approximate surface area is 199 Å². The van der Waals surface area contributed by atoms with Gasteiger partial charge in [-0.25, -0.2) is 4.79 Å². The van der Waals surface area contributed by atoms with Gasteiger partial charge in [0.1, 0.15) is 18.1 Å². The van der Waals surface area contributed by atoms with Crippen molar-refractivity contribution in [2.45, 2.75) is 13.8 Å². The minimum atomic E-state index is -1.05. The predicted octanol–water partition coefficient (Wildman–Crippen LogP) is 4.94. The number of hydrogen-bond acceptors (Lipinski definition) is 6. The van der Waals surface area contributed by atoms with Crippen molar-refractivity contribution in [2.24, 2.45) is 0 Å². The number of carbonyl (C=O) groups is 4. The maximum Gasteiger partial charge on any atom is 0.335 e. The first-order chi connectivity index (χ1) is 16.2. The Morgan fingerprint density at radius 2 is 1.85 bits per heavy atom. The highest BCUT2D eigenvalue weighted by atomic mass is 32.2. The molecule has 0 aliphatic carbocycles. The average Bonchev–Trinajstić information content (AvgIpc) is 3.37. The summed E-state index contributed by atoms with van der Waals surface area (Å²) < 4.78 is 5.72. The first kappa shape index (κ1) is 23.1. The topological polar surface area (TPSA) is 117 Å². The molecule has 4 rings (SSSR count). The maximum absolute atomic E-state index is 12.7. The smallest absolute Gasteiger partial charge is 0.335 e. The molecule has 0 spiro atoms. The summed E-state index contributed by atoms with van der Waals surface area (Å²) in [7, 11) is 0. The Morgan fingerprint density at radius 1 is 1.06 bits per heavy atom. The lowest BCUT2D eigenvalue weighted by molar-refractivity contribution is -0.127. The van der Waals surface area contributed by atoms with Crippen LogP contribution in [0.3, 0.4) is 0 Å². The fraction of sp³-hybridized carbons (Fsp3) is 0.120. The highest BCUT2D eigenvalue weighted by Crippen LogP contribution is 2.33. The Kier molecular flexibility index (Phi) is 6.38. The molecular weight excluding hydrogens is 456 g/mol. The number of furan rings is 1. The second-order valence-electron chi connectivity index (χ2n) is 7.70. The van der Waals surface area contributed by atoms with Gasteiger partial charge in [-0.1, -0.05) is 18.2 Å². The van der Waals surface area contributed by atoms with E-state index in [0.717, 1.165) is 27.8 Å². The third-order valence-corrected chi connectivity index (χ3v) is 6.17. The van der Waals surface area contributed by atoms with Gasteiger partial charge in [0.25, 0.3) is 11.1 Å². The number of nitrogens with zero attached hydrogens (tertiary/aromatic N) is 1. The van der Waals surface area contributed by atoms with Gasteiger partial charge in [-0.05, 0) is 73.1 Å². The molecule has 1 fully saturated rings. The van der Waals surface area contributed by atoms with Crippen LogP contribution in [0.2, 0.25) is 0 Å². The molecule has 0 unspecified atom stereocenters. The van der Waals surface area contributed by atoms with Crippen molar-refractivity contribution < 1.29 is 28.7 Å². The van der Waals surface area contributed by atoms with Crippen LogP contribution in [-0.4, -0.2) is 39.6 Å². The van der Waals surface area contributed by atoms with Crippen LogP contribution in [0, 0.1) is 13.8 Å². The highest BCUT2D eigenvalue weighted by molar-refractivity contribution is 8.18. The van der Waals surface area contributed by atoms with Crippen molar-refractivity contribution in [3.63, 3.8) is 0 Å². The minimum Gasteiger partial charge on any atom is -0.478 e. The number of carboxylic acids is 1. The van der Waals surface area contributed by atoms with E-state index in [4.69, 9.17) is 9.52 Å². The molecule has 2 aromatic carbocycles. The summed E-state index contributed by atoms with van der Waals surface area (Å²) in [5.41, 5.74) is 3.38. The summed E-state index contributed by atoms with van der Waals surface area (Å²) in [5, 5.41) is 11.3. The number of amides is 3. The van der Waals surface area contributed by atoms with Crippen molar-refractivity contribution >= 4 is 46.5 Å². The molecule has 34 heavy (non-hydrogen) atoms. The molecule has 8 nitrogen and oxygen atoms in total. The van der Waals surface area contributed by atoms with E-state index in [0.29, 0.717) is 22.8 Å². The fourth-order valence-electron chi connectivity index (χ4n) is 3.32. The molecule has 0 atom stereocenters. The van der Waals surface area contributed by atoms with Gasteiger partial charge in [-0.15, -0.1) is 0 Å². The summed E-state index contributed by atoms with van der Waals surface area (Å²) in [6.45, 7) is 3.48. The molecule has 0 saturated carbocycles. The first-order valence-corrected chi connectivity index (χ1v) is 11.1. The van der Waals surface area contributed by atoms with E-state index in [9.17, 15) is 19.2 Å². The molecule has 3 amide bonds. The van der Waals surface area contributed by atoms with Crippen LogP contribution in [0.1, 0.15) is 27.2 Å². The summed E-state index contributed by atoms with van der Waals surface area (Å²) in [5.74, 6) is -1.38. The quantitative estimate of drug-likeness (QED) is 0.484. The number of carbonyl (C=O) groups excluding carboxylic acids is 3. The van der Waals surface area contributed by atoms with Crippen LogP contribution >= 0.6 is 11.8 Å². The molecule has 1 aliphatic rings. The molecule has 1 aliphatic heterocycles. The number of carboxylic acid groups (broad SMARTS) is 1. The largest absolute Gasteiger partial charge is 0.478 e. The van der Waals surface area contributed by atoms with E-state index in [1.165, 1.54) is 18.2 Å². The van der Waals surface area contributed by atoms with E-state index in [1.54, 1.807) is 30.3 Å². The number of aryl methyl sites for hydroxylation is 2. The lowest BCUT2D eigenvalue weighted by Gasteiger charge is -2.13. The fourth-order valence-corrected chi connectivity index (χ4v) is 4.14. The standard InChI is InChI=1S/C25H20N2O6S/c1-14-6-7-18(10-15(14)2)26-22(28)13-27-23(29)21(34-25(27)32)12-19-8-9-20(33-19)16-4-3-5-17(11-16)24(30)31/h3-12H,13H2,1-2H3,(H,26,28)(H,30,31)/b21-12-. The second kappa shape index (κ2) is 9.40. The van der Waals surface area contributed by atoms with Gasteiger partial charge in [-0.3, -0.25) is 19.3 Å². The number of hydrogen-bond donors (Lipinski definition) is 2. The normalized spacial score (nSPS) is 14.6. The van der Waals surface area contributed by atoms with E-state index in [2.05, 4.69) is 5.32 Å². The van der Waals surface area contributed by atoms with Crippen molar-refractivity contribution in [1.29, 1.82) is 0 Å². The molecule has 3 aromatic rings. The van der Waals surface area contributed by atoms with Gasteiger partial charge >= 0.3 is 5.97 Å². The van der Waals surface area contributed by atoms with Crippen LogP contribution in [-0.2, 0) is 9.59 Å². The Balaban J connectivity index is 1.46.